The Hall–Kier alpha value is -2.77. The monoisotopic (exact) mass is 391 g/mol. The Labute approximate surface area is 165 Å². The first-order valence-electron chi connectivity index (χ1n) is 9.52. The molecular weight excluding hydrogens is 362 g/mol. The number of nitrogens with zero attached hydrogens (tertiary/aromatic N) is 2. The molecule has 1 aromatic rings. The van der Waals surface area contributed by atoms with Crippen molar-refractivity contribution in [3.63, 3.8) is 0 Å². The van der Waals surface area contributed by atoms with Gasteiger partial charge in [0.1, 0.15) is 5.75 Å². The summed E-state index contributed by atoms with van der Waals surface area (Å²) in [5.74, 6) is 0.381. The molecule has 0 bridgehead atoms. The lowest BCUT2D eigenvalue weighted by molar-refractivity contribution is -0.135. The molecule has 0 unspecified atom stereocenters. The number of amides is 3. The molecule has 1 aliphatic heterocycles. The maximum absolute atomic E-state index is 12.4. The van der Waals surface area contributed by atoms with Crippen molar-refractivity contribution in [1.82, 2.24) is 15.1 Å². The molecule has 3 amide bonds. The van der Waals surface area contributed by atoms with E-state index < -0.39 is 0 Å². The lowest BCUT2D eigenvalue weighted by Gasteiger charge is -2.32. The van der Waals surface area contributed by atoms with Gasteiger partial charge in [-0.1, -0.05) is 12.1 Å². The molecule has 0 spiro atoms. The van der Waals surface area contributed by atoms with Crippen molar-refractivity contribution < 1.29 is 23.9 Å². The van der Waals surface area contributed by atoms with E-state index in [-0.39, 0.29) is 30.5 Å². The van der Waals surface area contributed by atoms with Crippen molar-refractivity contribution in [2.45, 2.75) is 39.3 Å². The number of hydrogen-bond donors (Lipinski definition) is 1. The molecule has 154 valence electrons. The lowest BCUT2D eigenvalue weighted by Crippen LogP contribution is -2.49. The summed E-state index contributed by atoms with van der Waals surface area (Å²) >= 11 is 0. The molecule has 0 aliphatic carbocycles. The van der Waals surface area contributed by atoms with E-state index in [4.69, 9.17) is 9.47 Å². The minimum absolute atomic E-state index is 0.000542. The molecule has 1 N–H and O–H groups in total. The summed E-state index contributed by atoms with van der Waals surface area (Å²) in [5, 5.41) is 2.97. The van der Waals surface area contributed by atoms with Crippen LogP contribution in [0.15, 0.2) is 24.3 Å². The zero-order chi connectivity index (χ0) is 20.5. The molecule has 2 rings (SSSR count). The van der Waals surface area contributed by atoms with Crippen LogP contribution in [0.1, 0.15) is 32.3 Å². The summed E-state index contributed by atoms with van der Waals surface area (Å²) < 4.78 is 10.1. The summed E-state index contributed by atoms with van der Waals surface area (Å²) in [5.41, 5.74) is 0.923. The van der Waals surface area contributed by atoms with E-state index in [2.05, 4.69) is 5.32 Å². The highest BCUT2D eigenvalue weighted by Gasteiger charge is 2.25. The van der Waals surface area contributed by atoms with Crippen LogP contribution >= 0.6 is 0 Å². The van der Waals surface area contributed by atoms with E-state index in [1.165, 1.54) is 11.8 Å². The molecular formula is C20H29N3O5. The highest BCUT2D eigenvalue weighted by molar-refractivity contribution is 5.84. The number of carbonyl (C=O) groups excluding carboxylic acids is 3. The average molecular weight is 391 g/mol. The molecule has 28 heavy (non-hydrogen) atoms. The van der Waals surface area contributed by atoms with Crippen LogP contribution < -0.4 is 10.1 Å². The third-order valence-electron chi connectivity index (χ3n) is 4.70. The summed E-state index contributed by atoms with van der Waals surface area (Å²) in [6.45, 7) is 5.03. The van der Waals surface area contributed by atoms with Gasteiger partial charge in [-0.2, -0.15) is 0 Å². The Morgan fingerprint density at radius 1 is 1.18 bits per heavy atom. The smallest absolute Gasteiger partial charge is 0.409 e. The summed E-state index contributed by atoms with van der Waals surface area (Å²) in [7, 11) is 1.60. The number of hydrogen-bond acceptors (Lipinski definition) is 5. The van der Waals surface area contributed by atoms with Gasteiger partial charge in [0.2, 0.25) is 11.8 Å². The van der Waals surface area contributed by atoms with Crippen LogP contribution in [0.25, 0.3) is 0 Å². The number of nitrogens with one attached hydrogen (secondary N) is 1. The van der Waals surface area contributed by atoms with Crippen molar-refractivity contribution in [3.05, 3.63) is 29.8 Å². The van der Waals surface area contributed by atoms with E-state index >= 15 is 0 Å². The lowest BCUT2D eigenvalue weighted by atomic mass is 10.1. The first kappa shape index (κ1) is 21.5. The third-order valence-corrected chi connectivity index (χ3v) is 4.70. The Balaban J connectivity index is 1.82. The van der Waals surface area contributed by atoms with E-state index in [0.717, 1.165) is 11.3 Å². The van der Waals surface area contributed by atoms with Gasteiger partial charge in [-0.3, -0.25) is 9.59 Å². The van der Waals surface area contributed by atoms with Crippen LogP contribution in [0.5, 0.6) is 5.75 Å². The second kappa shape index (κ2) is 10.5. The van der Waals surface area contributed by atoms with Crippen molar-refractivity contribution in [1.29, 1.82) is 0 Å². The number of benzene rings is 1. The van der Waals surface area contributed by atoms with Crippen LogP contribution in [-0.4, -0.2) is 67.1 Å². The van der Waals surface area contributed by atoms with Crippen molar-refractivity contribution in [2.24, 2.45) is 0 Å². The minimum atomic E-state index is -0.311. The maximum Gasteiger partial charge on any atom is 0.409 e. The van der Waals surface area contributed by atoms with Crippen molar-refractivity contribution in [2.75, 3.05) is 33.4 Å². The summed E-state index contributed by atoms with van der Waals surface area (Å²) in [6.07, 6.45) is 1.03. The molecule has 8 nitrogen and oxygen atoms in total. The standard InChI is InChI=1S/C20H29N3O5/c1-4-28-20(26)22-11-9-17(10-12-22)21-19(25)14-23(15(2)24)13-16-5-7-18(27-3)8-6-16/h5-8,17H,4,9-14H2,1-3H3,(H,21,25). The highest BCUT2D eigenvalue weighted by Crippen LogP contribution is 2.14. The van der Waals surface area contributed by atoms with E-state index in [1.807, 2.05) is 24.3 Å². The topological polar surface area (TPSA) is 88.2 Å². The quantitative estimate of drug-likeness (QED) is 0.765. The number of ether oxygens (including phenoxy) is 2. The maximum atomic E-state index is 12.4. The predicted molar refractivity (Wildman–Crippen MR) is 104 cm³/mol. The zero-order valence-corrected chi connectivity index (χ0v) is 16.8. The number of rotatable bonds is 7. The van der Waals surface area contributed by atoms with Crippen molar-refractivity contribution in [3.8, 4) is 5.75 Å². The Morgan fingerprint density at radius 3 is 2.36 bits per heavy atom. The van der Waals surface area contributed by atoms with Gasteiger partial charge >= 0.3 is 6.09 Å². The molecule has 0 radical (unpaired) electrons. The number of methoxy groups -OCH3 is 1. The normalized spacial score (nSPS) is 14.3. The molecule has 1 fully saturated rings. The Morgan fingerprint density at radius 2 is 1.82 bits per heavy atom. The first-order valence-corrected chi connectivity index (χ1v) is 9.52. The highest BCUT2D eigenvalue weighted by atomic mass is 16.6. The van der Waals surface area contributed by atoms with Crippen molar-refractivity contribution >= 4 is 17.9 Å². The van der Waals surface area contributed by atoms with Crippen LogP contribution in [0, 0.1) is 0 Å². The number of piperidine rings is 1. The molecule has 1 heterocycles. The SMILES string of the molecule is CCOC(=O)N1CCC(NC(=O)CN(Cc2ccc(OC)cc2)C(C)=O)CC1. The fourth-order valence-electron chi connectivity index (χ4n) is 3.10. The third kappa shape index (κ3) is 6.44. The van der Waals surface area contributed by atoms with Gasteiger partial charge in [0.25, 0.3) is 0 Å². The van der Waals surface area contributed by atoms with Gasteiger partial charge in [-0.25, -0.2) is 4.79 Å². The van der Waals surface area contributed by atoms with Crippen LogP contribution in [0.2, 0.25) is 0 Å². The van der Waals surface area contributed by atoms with Crippen LogP contribution in [0.3, 0.4) is 0 Å². The molecule has 1 aromatic carbocycles. The largest absolute Gasteiger partial charge is 0.497 e. The Bertz CT molecular complexity index is 669. The molecule has 0 aromatic heterocycles. The van der Waals surface area contributed by atoms with Crippen LogP contribution in [0.4, 0.5) is 4.79 Å². The van der Waals surface area contributed by atoms with Crippen LogP contribution in [-0.2, 0) is 20.9 Å². The van der Waals surface area contributed by atoms with Gasteiger partial charge in [0.05, 0.1) is 20.3 Å². The summed E-state index contributed by atoms with van der Waals surface area (Å²) in [6, 6.07) is 7.39. The van der Waals surface area contributed by atoms with E-state index in [9.17, 15) is 14.4 Å². The van der Waals surface area contributed by atoms with Gasteiger partial charge in [0.15, 0.2) is 0 Å². The van der Waals surface area contributed by atoms with E-state index in [0.29, 0.717) is 39.1 Å². The molecule has 1 saturated heterocycles. The van der Waals surface area contributed by atoms with Gasteiger partial charge in [0, 0.05) is 32.6 Å². The number of likely N-dealkylation sites (tertiary alicyclic amines) is 1. The zero-order valence-electron chi connectivity index (χ0n) is 16.8. The molecule has 8 heteroatoms. The second-order valence-corrected chi connectivity index (χ2v) is 6.75. The average Bonchev–Trinajstić information content (AvgIpc) is 2.68. The fourth-order valence-corrected chi connectivity index (χ4v) is 3.10. The molecule has 0 atom stereocenters. The first-order chi connectivity index (χ1) is 13.4. The Kier molecular flexibility index (Phi) is 8.10. The van der Waals surface area contributed by atoms with Gasteiger partial charge in [-0.15, -0.1) is 0 Å². The second-order valence-electron chi connectivity index (χ2n) is 6.75. The molecule has 1 aliphatic rings. The van der Waals surface area contributed by atoms with E-state index in [1.54, 1.807) is 18.9 Å². The number of carbonyl (C=O) groups is 3. The minimum Gasteiger partial charge on any atom is -0.497 e. The summed E-state index contributed by atoms with van der Waals surface area (Å²) in [4.78, 5) is 39.2. The van der Waals surface area contributed by atoms with Gasteiger partial charge in [-0.05, 0) is 37.5 Å². The fraction of sp³-hybridized carbons (Fsp3) is 0.550. The molecule has 0 saturated carbocycles. The van der Waals surface area contributed by atoms with Gasteiger partial charge < -0.3 is 24.6 Å². The predicted octanol–water partition coefficient (Wildman–Crippen LogP) is 1.78.